The molecule has 0 saturated carbocycles. The first kappa shape index (κ1) is 7.89. The summed E-state index contributed by atoms with van der Waals surface area (Å²) in [7, 11) is 0. The summed E-state index contributed by atoms with van der Waals surface area (Å²) in [6.45, 7) is 0. The SMILES string of the molecule is Oc1csc2c(O)cc(Br)cc12. The summed E-state index contributed by atoms with van der Waals surface area (Å²) in [5.74, 6) is 0.413. The molecule has 0 atom stereocenters. The van der Waals surface area contributed by atoms with Crippen molar-refractivity contribution in [3.05, 3.63) is 22.0 Å². The molecule has 0 fully saturated rings. The first-order chi connectivity index (χ1) is 5.68. The van der Waals surface area contributed by atoms with Crippen LogP contribution in [0.25, 0.3) is 10.1 Å². The lowest BCUT2D eigenvalue weighted by Gasteiger charge is -1.95. The summed E-state index contributed by atoms with van der Waals surface area (Å²) in [6.07, 6.45) is 0. The van der Waals surface area contributed by atoms with Crippen LogP contribution in [-0.2, 0) is 0 Å². The summed E-state index contributed by atoms with van der Waals surface area (Å²) >= 11 is 4.56. The maximum absolute atomic E-state index is 9.43. The van der Waals surface area contributed by atoms with Gasteiger partial charge in [0, 0.05) is 15.2 Å². The Morgan fingerprint density at radius 3 is 2.67 bits per heavy atom. The van der Waals surface area contributed by atoms with Crippen molar-refractivity contribution in [1.29, 1.82) is 0 Å². The van der Waals surface area contributed by atoms with Crippen molar-refractivity contribution in [2.75, 3.05) is 0 Å². The number of hydrogen-bond donors (Lipinski definition) is 2. The minimum absolute atomic E-state index is 0.199. The van der Waals surface area contributed by atoms with E-state index in [-0.39, 0.29) is 11.5 Å². The molecule has 0 bridgehead atoms. The summed E-state index contributed by atoms with van der Waals surface area (Å²) < 4.78 is 1.48. The molecular formula is C8H5BrO2S. The highest BCUT2D eigenvalue weighted by Gasteiger charge is 2.07. The first-order valence-corrected chi connectivity index (χ1v) is 4.94. The Labute approximate surface area is 81.2 Å². The third-order valence-corrected chi connectivity index (χ3v) is 3.06. The second-order valence-corrected chi connectivity index (χ2v) is 4.22. The number of hydrogen-bond acceptors (Lipinski definition) is 3. The van der Waals surface area contributed by atoms with Gasteiger partial charge in [-0.2, -0.15) is 0 Å². The molecule has 0 aliphatic rings. The lowest BCUT2D eigenvalue weighted by Crippen LogP contribution is -1.68. The van der Waals surface area contributed by atoms with Gasteiger partial charge >= 0.3 is 0 Å². The number of benzene rings is 1. The summed E-state index contributed by atoms with van der Waals surface area (Å²) in [4.78, 5) is 0. The van der Waals surface area contributed by atoms with Crippen LogP contribution in [0.5, 0.6) is 11.5 Å². The van der Waals surface area contributed by atoms with Crippen LogP contribution in [0.3, 0.4) is 0 Å². The first-order valence-electron chi connectivity index (χ1n) is 3.27. The second kappa shape index (κ2) is 2.64. The molecule has 2 rings (SSSR count). The van der Waals surface area contributed by atoms with Gasteiger partial charge in [-0.15, -0.1) is 11.3 Å². The monoisotopic (exact) mass is 244 g/mol. The standard InChI is InChI=1S/C8H5BrO2S/c9-4-1-5-7(11)3-12-8(5)6(10)2-4/h1-3,10-11H. The van der Waals surface area contributed by atoms with Crippen molar-refractivity contribution in [2.45, 2.75) is 0 Å². The van der Waals surface area contributed by atoms with Gasteiger partial charge in [0.2, 0.25) is 0 Å². The molecule has 0 unspecified atom stereocenters. The third kappa shape index (κ3) is 1.07. The van der Waals surface area contributed by atoms with Crippen LogP contribution in [0.2, 0.25) is 0 Å². The summed E-state index contributed by atoms with van der Waals surface area (Å²) in [5.41, 5.74) is 0. The molecule has 2 N–H and O–H groups in total. The molecule has 0 spiro atoms. The molecule has 4 heteroatoms. The predicted molar refractivity (Wildman–Crippen MR) is 52.9 cm³/mol. The Bertz CT molecular complexity index is 436. The van der Waals surface area contributed by atoms with E-state index in [1.807, 2.05) is 0 Å². The zero-order valence-electron chi connectivity index (χ0n) is 5.91. The minimum Gasteiger partial charge on any atom is -0.506 e. The average Bonchev–Trinajstić information content (AvgIpc) is 2.33. The van der Waals surface area contributed by atoms with Gasteiger partial charge < -0.3 is 10.2 Å². The molecule has 1 aromatic carbocycles. The van der Waals surface area contributed by atoms with Crippen LogP contribution in [0, 0.1) is 0 Å². The van der Waals surface area contributed by atoms with E-state index in [0.717, 1.165) is 9.17 Å². The summed E-state index contributed by atoms with van der Waals surface area (Å²) in [5, 5.41) is 21.1. The van der Waals surface area contributed by atoms with Gasteiger partial charge in [-0.1, -0.05) is 15.9 Å². The molecule has 1 heterocycles. The van der Waals surface area contributed by atoms with Crippen molar-refractivity contribution >= 4 is 37.4 Å². The van der Waals surface area contributed by atoms with E-state index in [0.29, 0.717) is 5.39 Å². The molecule has 0 saturated heterocycles. The quantitative estimate of drug-likeness (QED) is 0.748. The van der Waals surface area contributed by atoms with E-state index in [1.54, 1.807) is 17.5 Å². The average molecular weight is 245 g/mol. The zero-order chi connectivity index (χ0) is 8.72. The predicted octanol–water partition coefficient (Wildman–Crippen LogP) is 3.08. The highest BCUT2D eigenvalue weighted by molar-refractivity contribution is 9.10. The molecule has 0 radical (unpaired) electrons. The fraction of sp³-hybridized carbons (Fsp3) is 0. The molecule has 12 heavy (non-hydrogen) atoms. The van der Waals surface area contributed by atoms with Gasteiger partial charge in [0.25, 0.3) is 0 Å². The minimum atomic E-state index is 0.199. The van der Waals surface area contributed by atoms with Crippen molar-refractivity contribution in [2.24, 2.45) is 0 Å². The van der Waals surface area contributed by atoms with Gasteiger partial charge in [-0.25, -0.2) is 0 Å². The van der Waals surface area contributed by atoms with Crippen LogP contribution < -0.4 is 0 Å². The molecule has 1 aromatic heterocycles. The normalized spacial score (nSPS) is 10.8. The lowest BCUT2D eigenvalue weighted by atomic mass is 10.2. The van der Waals surface area contributed by atoms with Gasteiger partial charge in [0.15, 0.2) is 0 Å². The Morgan fingerprint density at radius 2 is 1.92 bits per heavy atom. The van der Waals surface area contributed by atoms with E-state index >= 15 is 0 Å². The van der Waals surface area contributed by atoms with E-state index < -0.39 is 0 Å². The Morgan fingerprint density at radius 1 is 1.17 bits per heavy atom. The van der Waals surface area contributed by atoms with Crippen LogP contribution in [-0.4, -0.2) is 10.2 Å². The molecule has 0 amide bonds. The number of aromatic hydroxyl groups is 2. The van der Waals surface area contributed by atoms with E-state index in [9.17, 15) is 10.2 Å². The Hall–Kier alpha value is -0.740. The van der Waals surface area contributed by atoms with Gasteiger partial charge in [-0.05, 0) is 12.1 Å². The molecule has 62 valence electrons. The smallest absolute Gasteiger partial charge is 0.134 e. The van der Waals surface area contributed by atoms with Crippen molar-refractivity contribution in [3.63, 3.8) is 0 Å². The number of phenols is 1. The number of phenolic OH excluding ortho intramolecular Hbond substituents is 1. The fourth-order valence-corrected chi connectivity index (χ4v) is 2.34. The van der Waals surface area contributed by atoms with Gasteiger partial charge in [0.1, 0.15) is 11.5 Å². The highest BCUT2D eigenvalue weighted by atomic mass is 79.9. The maximum Gasteiger partial charge on any atom is 0.134 e. The topological polar surface area (TPSA) is 40.5 Å². The molecule has 0 aliphatic heterocycles. The fourth-order valence-electron chi connectivity index (χ4n) is 1.07. The molecular weight excluding hydrogens is 240 g/mol. The van der Waals surface area contributed by atoms with Crippen molar-refractivity contribution < 1.29 is 10.2 Å². The van der Waals surface area contributed by atoms with Crippen LogP contribution in [0.15, 0.2) is 22.0 Å². The largest absolute Gasteiger partial charge is 0.506 e. The van der Waals surface area contributed by atoms with Gasteiger partial charge in [-0.3, -0.25) is 0 Å². The van der Waals surface area contributed by atoms with E-state index in [2.05, 4.69) is 15.9 Å². The number of fused-ring (bicyclic) bond motifs is 1. The molecule has 2 aromatic rings. The second-order valence-electron chi connectivity index (χ2n) is 2.42. The van der Waals surface area contributed by atoms with Crippen molar-refractivity contribution in [1.82, 2.24) is 0 Å². The lowest BCUT2D eigenvalue weighted by molar-refractivity contribution is 0.478. The third-order valence-electron chi connectivity index (χ3n) is 1.60. The van der Waals surface area contributed by atoms with E-state index in [4.69, 9.17) is 0 Å². The number of thiophene rings is 1. The zero-order valence-corrected chi connectivity index (χ0v) is 8.32. The number of halogens is 1. The highest BCUT2D eigenvalue weighted by Crippen LogP contribution is 2.38. The molecule has 0 aliphatic carbocycles. The Balaban J connectivity index is 2.92. The maximum atomic E-state index is 9.43. The van der Waals surface area contributed by atoms with Gasteiger partial charge in [0.05, 0.1) is 4.70 Å². The molecule has 2 nitrogen and oxygen atoms in total. The number of rotatable bonds is 0. The summed E-state index contributed by atoms with van der Waals surface area (Å²) in [6, 6.07) is 3.39. The Kier molecular flexibility index (Phi) is 1.73. The van der Waals surface area contributed by atoms with Crippen molar-refractivity contribution in [3.8, 4) is 11.5 Å². The van der Waals surface area contributed by atoms with Crippen LogP contribution in [0.1, 0.15) is 0 Å². The van der Waals surface area contributed by atoms with Crippen LogP contribution >= 0.6 is 27.3 Å². The van der Waals surface area contributed by atoms with Crippen LogP contribution in [0.4, 0.5) is 0 Å². The van der Waals surface area contributed by atoms with E-state index in [1.165, 1.54) is 11.3 Å².